The van der Waals surface area contributed by atoms with Gasteiger partial charge in [-0.2, -0.15) is 0 Å². The van der Waals surface area contributed by atoms with Crippen LogP contribution < -0.4 is 15.4 Å². The number of benzene rings is 1. The number of anilines is 1. The fourth-order valence-electron chi connectivity index (χ4n) is 2.32. The van der Waals surface area contributed by atoms with Crippen molar-refractivity contribution in [1.29, 1.82) is 0 Å². The smallest absolute Gasteiger partial charge is 0.272 e. The molecule has 1 aromatic heterocycles. The number of ether oxygens (including phenoxy) is 1. The van der Waals surface area contributed by atoms with Gasteiger partial charge in [0.1, 0.15) is 17.3 Å². The molecular formula is C15H16N4O2. The van der Waals surface area contributed by atoms with Gasteiger partial charge in [-0.1, -0.05) is 18.2 Å². The van der Waals surface area contributed by atoms with E-state index < -0.39 is 0 Å². The Morgan fingerprint density at radius 1 is 1.33 bits per heavy atom. The monoisotopic (exact) mass is 284 g/mol. The van der Waals surface area contributed by atoms with Gasteiger partial charge < -0.3 is 15.4 Å². The van der Waals surface area contributed by atoms with E-state index in [-0.39, 0.29) is 11.9 Å². The summed E-state index contributed by atoms with van der Waals surface area (Å²) in [5.41, 5.74) is 1.29. The molecule has 6 nitrogen and oxygen atoms in total. The van der Waals surface area contributed by atoms with Gasteiger partial charge in [-0.05, 0) is 6.07 Å². The molecule has 0 radical (unpaired) electrons. The van der Waals surface area contributed by atoms with E-state index in [0.29, 0.717) is 18.1 Å². The van der Waals surface area contributed by atoms with Crippen LogP contribution in [0.15, 0.2) is 36.7 Å². The van der Waals surface area contributed by atoms with Crippen molar-refractivity contribution in [1.82, 2.24) is 15.3 Å². The van der Waals surface area contributed by atoms with Crippen molar-refractivity contribution in [3.8, 4) is 5.75 Å². The maximum Gasteiger partial charge on any atom is 0.272 e. The van der Waals surface area contributed by atoms with Gasteiger partial charge in [0.2, 0.25) is 0 Å². The van der Waals surface area contributed by atoms with Crippen LogP contribution in [-0.4, -0.2) is 29.5 Å². The first kappa shape index (κ1) is 13.4. The number of amides is 1. The fraction of sp³-hybridized carbons (Fsp3) is 0.267. The molecule has 1 aliphatic rings. The Bertz CT molecular complexity index is 660. The molecule has 1 aliphatic heterocycles. The Labute approximate surface area is 122 Å². The standard InChI is InChI=1S/C15H16N4O2/c1-16-14-9-17-8-12(18-14)15(20)19-11-6-7-21-13-5-3-2-4-10(11)13/h2-5,8-9,11H,6-7H2,1H3,(H,16,18)(H,19,20). The summed E-state index contributed by atoms with van der Waals surface area (Å²) in [5, 5.41) is 5.86. The second-order valence-electron chi connectivity index (χ2n) is 4.74. The van der Waals surface area contributed by atoms with E-state index in [4.69, 9.17) is 4.74 Å². The van der Waals surface area contributed by atoms with Gasteiger partial charge in [-0.15, -0.1) is 0 Å². The van der Waals surface area contributed by atoms with Crippen LogP contribution in [0.4, 0.5) is 5.82 Å². The van der Waals surface area contributed by atoms with Crippen molar-refractivity contribution < 1.29 is 9.53 Å². The van der Waals surface area contributed by atoms with Crippen LogP contribution in [-0.2, 0) is 0 Å². The highest BCUT2D eigenvalue weighted by Gasteiger charge is 2.23. The first-order chi connectivity index (χ1) is 10.3. The maximum atomic E-state index is 12.3. The topological polar surface area (TPSA) is 76.1 Å². The van der Waals surface area contributed by atoms with Crippen LogP contribution in [0.1, 0.15) is 28.5 Å². The summed E-state index contributed by atoms with van der Waals surface area (Å²) in [6, 6.07) is 7.67. The van der Waals surface area contributed by atoms with Crippen LogP contribution in [0.2, 0.25) is 0 Å². The van der Waals surface area contributed by atoms with Gasteiger partial charge >= 0.3 is 0 Å². The average Bonchev–Trinajstić information content (AvgIpc) is 2.55. The molecule has 0 spiro atoms. The molecule has 0 bridgehead atoms. The van der Waals surface area contributed by atoms with Gasteiger partial charge in [-0.3, -0.25) is 9.78 Å². The van der Waals surface area contributed by atoms with E-state index in [2.05, 4.69) is 20.6 Å². The zero-order valence-electron chi connectivity index (χ0n) is 11.7. The first-order valence-corrected chi connectivity index (χ1v) is 6.80. The number of aromatic nitrogens is 2. The number of nitrogens with one attached hydrogen (secondary N) is 2. The average molecular weight is 284 g/mol. The molecule has 3 rings (SSSR count). The summed E-state index contributed by atoms with van der Waals surface area (Å²) in [5.74, 6) is 1.15. The molecule has 1 atom stereocenters. The summed E-state index contributed by atoms with van der Waals surface area (Å²) >= 11 is 0. The van der Waals surface area contributed by atoms with E-state index >= 15 is 0 Å². The summed E-state index contributed by atoms with van der Waals surface area (Å²) in [6.45, 7) is 0.587. The number of nitrogens with zero attached hydrogens (tertiary/aromatic N) is 2. The van der Waals surface area contributed by atoms with E-state index in [1.54, 1.807) is 13.2 Å². The molecule has 1 amide bonds. The van der Waals surface area contributed by atoms with Crippen molar-refractivity contribution in [2.24, 2.45) is 0 Å². The summed E-state index contributed by atoms with van der Waals surface area (Å²) in [6.07, 6.45) is 3.77. The molecule has 1 unspecified atom stereocenters. The molecule has 0 saturated carbocycles. The Balaban J connectivity index is 1.79. The van der Waals surface area contributed by atoms with Gasteiger partial charge in [0.15, 0.2) is 0 Å². The highest BCUT2D eigenvalue weighted by Crippen LogP contribution is 2.31. The van der Waals surface area contributed by atoms with Crippen LogP contribution in [0.3, 0.4) is 0 Å². The van der Waals surface area contributed by atoms with E-state index in [1.807, 2.05) is 24.3 Å². The van der Waals surface area contributed by atoms with Crippen molar-refractivity contribution in [2.75, 3.05) is 19.0 Å². The lowest BCUT2D eigenvalue weighted by molar-refractivity contribution is 0.0919. The number of carbonyl (C=O) groups excluding carboxylic acids is 1. The Morgan fingerprint density at radius 2 is 2.19 bits per heavy atom. The van der Waals surface area contributed by atoms with Gasteiger partial charge in [0, 0.05) is 19.0 Å². The van der Waals surface area contributed by atoms with Crippen molar-refractivity contribution in [2.45, 2.75) is 12.5 Å². The quantitative estimate of drug-likeness (QED) is 0.898. The summed E-state index contributed by atoms with van der Waals surface area (Å²) in [7, 11) is 1.74. The SMILES string of the molecule is CNc1cncc(C(=O)NC2CCOc3ccccc32)n1. The molecule has 2 heterocycles. The van der Waals surface area contributed by atoms with Gasteiger partial charge in [-0.25, -0.2) is 4.98 Å². The van der Waals surface area contributed by atoms with Crippen LogP contribution in [0.25, 0.3) is 0 Å². The summed E-state index contributed by atoms with van der Waals surface area (Å²) < 4.78 is 5.59. The third-order valence-electron chi connectivity index (χ3n) is 3.39. The Hall–Kier alpha value is -2.63. The molecule has 0 saturated heterocycles. The molecule has 108 valence electrons. The van der Waals surface area contributed by atoms with E-state index in [9.17, 15) is 4.79 Å². The second-order valence-corrected chi connectivity index (χ2v) is 4.74. The second kappa shape index (κ2) is 5.78. The summed E-state index contributed by atoms with van der Waals surface area (Å²) in [4.78, 5) is 20.5. The zero-order chi connectivity index (χ0) is 14.7. The van der Waals surface area contributed by atoms with Gasteiger partial charge in [0.05, 0.1) is 25.0 Å². The van der Waals surface area contributed by atoms with Crippen LogP contribution in [0.5, 0.6) is 5.75 Å². The molecule has 6 heteroatoms. The number of carbonyl (C=O) groups is 1. The number of para-hydroxylation sites is 1. The van der Waals surface area contributed by atoms with Gasteiger partial charge in [0.25, 0.3) is 5.91 Å². The van der Waals surface area contributed by atoms with Crippen molar-refractivity contribution in [3.63, 3.8) is 0 Å². The number of hydrogen-bond donors (Lipinski definition) is 2. The number of fused-ring (bicyclic) bond motifs is 1. The predicted molar refractivity (Wildman–Crippen MR) is 78.3 cm³/mol. The largest absolute Gasteiger partial charge is 0.493 e. The molecule has 1 aromatic carbocycles. The normalized spacial score (nSPS) is 16.5. The molecular weight excluding hydrogens is 268 g/mol. The molecule has 2 N–H and O–H groups in total. The molecule has 0 fully saturated rings. The zero-order valence-corrected chi connectivity index (χ0v) is 11.7. The number of rotatable bonds is 3. The Morgan fingerprint density at radius 3 is 3.05 bits per heavy atom. The highest BCUT2D eigenvalue weighted by atomic mass is 16.5. The van der Waals surface area contributed by atoms with Crippen LogP contribution in [0, 0.1) is 0 Å². The third kappa shape index (κ3) is 2.79. The fourth-order valence-corrected chi connectivity index (χ4v) is 2.32. The lowest BCUT2D eigenvalue weighted by atomic mass is 10.0. The van der Waals surface area contributed by atoms with E-state index in [1.165, 1.54) is 6.20 Å². The highest BCUT2D eigenvalue weighted by molar-refractivity contribution is 5.92. The van der Waals surface area contributed by atoms with Crippen LogP contribution >= 0.6 is 0 Å². The molecule has 21 heavy (non-hydrogen) atoms. The molecule has 2 aromatic rings. The predicted octanol–water partition coefficient (Wildman–Crippen LogP) is 1.77. The molecule has 0 aliphatic carbocycles. The lowest BCUT2D eigenvalue weighted by Gasteiger charge is -2.26. The Kier molecular flexibility index (Phi) is 3.68. The van der Waals surface area contributed by atoms with Crippen molar-refractivity contribution in [3.05, 3.63) is 47.9 Å². The van der Waals surface area contributed by atoms with E-state index in [0.717, 1.165) is 17.7 Å². The first-order valence-electron chi connectivity index (χ1n) is 6.80. The lowest BCUT2D eigenvalue weighted by Crippen LogP contribution is -2.32. The minimum Gasteiger partial charge on any atom is -0.493 e. The maximum absolute atomic E-state index is 12.3. The third-order valence-corrected chi connectivity index (χ3v) is 3.39. The number of hydrogen-bond acceptors (Lipinski definition) is 5. The van der Waals surface area contributed by atoms with Crippen molar-refractivity contribution >= 4 is 11.7 Å². The minimum atomic E-state index is -0.235. The minimum absolute atomic E-state index is 0.0671.